The molecule has 3 rings (SSSR count). The highest BCUT2D eigenvalue weighted by Crippen LogP contribution is 2.44. The summed E-state index contributed by atoms with van der Waals surface area (Å²) in [5.74, 6) is 0.936. The number of fused-ring (bicyclic) bond motifs is 2. The van der Waals surface area contributed by atoms with Crippen LogP contribution >= 0.6 is 15.9 Å². The fourth-order valence-corrected chi connectivity index (χ4v) is 7.26. The van der Waals surface area contributed by atoms with E-state index in [1.807, 2.05) is 42.5 Å². The van der Waals surface area contributed by atoms with Gasteiger partial charge in [0.25, 0.3) is 0 Å². The van der Waals surface area contributed by atoms with Crippen LogP contribution in [0.4, 0.5) is 0 Å². The summed E-state index contributed by atoms with van der Waals surface area (Å²) < 4.78 is 38.3. The highest BCUT2D eigenvalue weighted by molar-refractivity contribution is 9.10. The fourth-order valence-electron chi connectivity index (χ4n) is 6.89. The maximum atomic E-state index is 13.0. The molecule has 0 heterocycles. The fraction of sp³-hybridized carbons (Fsp3) is 0.667. The monoisotopic (exact) mass is 856 g/mol. The number of unbranched alkanes of at least 4 members (excludes halogenated alkanes) is 14. The van der Waals surface area contributed by atoms with Gasteiger partial charge in [-0.05, 0) is 43.9 Å². The quantitative estimate of drug-likeness (QED) is 0.0333. The molecule has 0 aromatic heterocycles. The summed E-state index contributed by atoms with van der Waals surface area (Å²) in [4.78, 5) is 26.0. The average molecular weight is 858 g/mol. The van der Waals surface area contributed by atoms with Crippen molar-refractivity contribution in [1.82, 2.24) is 0 Å². The number of halogens is 1. The number of benzene rings is 3. The second-order valence-electron chi connectivity index (χ2n) is 15.3. The van der Waals surface area contributed by atoms with E-state index in [1.54, 1.807) is 0 Å². The third-order valence-corrected chi connectivity index (χ3v) is 10.7. The van der Waals surface area contributed by atoms with Gasteiger partial charge in [-0.3, -0.25) is 9.59 Å². The summed E-state index contributed by atoms with van der Waals surface area (Å²) in [6.07, 6.45) is 19.2. The van der Waals surface area contributed by atoms with Crippen LogP contribution in [0.3, 0.4) is 0 Å². The van der Waals surface area contributed by atoms with Gasteiger partial charge in [-0.15, -0.1) is 0 Å². The topological polar surface area (TPSA) is 89.5 Å². The zero-order valence-corrected chi connectivity index (χ0v) is 37.3. The number of hydrogen-bond acceptors (Lipinski definition) is 8. The summed E-state index contributed by atoms with van der Waals surface area (Å²) in [7, 11) is 0. The maximum absolute atomic E-state index is 13.0. The van der Waals surface area contributed by atoms with E-state index in [2.05, 4.69) is 43.6 Å². The second-order valence-corrected chi connectivity index (χ2v) is 16.3. The first-order valence-corrected chi connectivity index (χ1v) is 23.1. The lowest BCUT2D eigenvalue weighted by molar-refractivity contribution is -0.155. The van der Waals surface area contributed by atoms with Gasteiger partial charge in [0, 0.05) is 52.1 Å². The molecular weight excluding hydrogens is 784 g/mol. The number of carbonyl (C=O) groups is 2. The van der Waals surface area contributed by atoms with Gasteiger partial charge in [0.15, 0.2) is 12.2 Å². The van der Waals surface area contributed by atoms with Crippen LogP contribution in [0.25, 0.3) is 21.5 Å². The highest BCUT2D eigenvalue weighted by atomic mass is 79.9. The molecule has 3 aromatic rings. The smallest absolute Gasteiger partial charge is 0.306 e. The largest absolute Gasteiger partial charge is 0.488 e. The van der Waals surface area contributed by atoms with Crippen LogP contribution in [0.15, 0.2) is 46.9 Å². The Morgan fingerprint density at radius 2 is 0.895 bits per heavy atom. The summed E-state index contributed by atoms with van der Waals surface area (Å²) in [6, 6.07) is 14.0. The van der Waals surface area contributed by atoms with Crippen LogP contribution in [0.5, 0.6) is 11.5 Å². The van der Waals surface area contributed by atoms with E-state index in [9.17, 15) is 9.59 Å². The lowest BCUT2D eigenvalue weighted by Crippen LogP contribution is -2.30. The first-order valence-electron chi connectivity index (χ1n) is 22.4. The molecule has 0 fully saturated rings. The van der Waals surface area contributed by atoms with Crippen LogP contribution in [0.1, 0.15) is 156 Å². The van der Waals surface area contributed by atoms with E-state index >= 15 is 0 Å². The van der Waals surface area contributed by atoms with Crippen molar-refractivity contribution in [3.8, 4) is 11.5 Å². The van der Waals surface area contributed by atoms with E-state index < -0.39 is 12.2 Å². The molecule has 0 aliphatic carbocycles. The molecule has 0 saturated carbocycles. The molecule has 0 N–H and O–H groups in total. The highest BCUT2D eigenvalue weighted by Gasteiger charge is 2.23. The minimum atomic E-state index is -0.555. The minimum absolute atomic E-state index is 0.147. The van der Waals surface area contributed by atoms with Crippen LogP contribution in [0, 0.1) is 0 Å². The first kappa shape index (κ1) is 48.5. The molecular formula is C48H73BrO8. The Balaban J connectivity index is 1.83. The predicted octanol–water partition coefficient (Wildman–Crippen LogP) is 13.3. The van der Waals surface area contributed by atoms with Crippen molar-refractivity contribution >= 4 is 49.4 Å². The van der Waals surface area contributed by atoms with E-state index in [-0.39, 0.29) is 38.4 Å². The summed E-state index contributed by atoms with van der Waals surface area (Å²) in [5, 5.41) is 3.46. The van der Waals surface area contributed by atoms with Gasteiger partial charge in [0.05, 0.1) is 13.2 Å². The number of carbonyl (C=O) groups excluding carboxylic acids is 2. The number of esters is 2. The molecule has 0 aliphatic rings. The number of rotatable bonds is 34. The van der Waals surface area contributed by atoms with Gasteiger partial charge in [-0.25, -0.2) is 0 Å². The van der Waals surface area contributed by atoms with Crippen molar-refractivity contribution in [2.24, 2.45) is 0 Å². The van der Waals surface area contributed by atoms with E-state index in [0.29, 0.717) is 37.6 Å². The van der Waals surface area contributed by atoms with Crippen LogP contribution in [-0.2, 0) is 28.5 Å². The predicted molar refractivity (Wildman–Crippen MR) is 237 cm³/mol. The molecule has 0 aliphatic heterocycles. The Morgan fingerprint density at radius 1 is 0.491 bits per heavy atom. The lowest BCUT2D eigenvalue weighted by atomic mass is 10.0. The summed E-state index contributed by atoms with van der Waals surface area (Å²) in [6.45, 7) is 10.8. The molecule has 57 heavy (non-hydrogen) atoms. The van der Waals surface area contributed by atoms with Crippen molar-refractivity contribution in [1.29, 1.82) is 0 Å². The Labute approximate surface area is 352 Å². The molecule has 3 aromatic carbocycles. The molecule has 0 spiro atoms. The second kappa shape index (κ2) is 30.2. The standard InChI is InChI=1S/C48H73BrO8/c1-5-9-13-17-19-27-45(50)56-39(34-52-31-23-15-11-7-3)36-54-47-41-25-21-22-26-42(41)48(44-33-38(49)29-30-43(44)47)55-37-40(35-53-32-24-16-12-8-4)57-46(51)28-20-18-14-10-6-2/h21-22,25-26,29-30,33,39-40H,5-20,23-24,27-28,31-32,34-37H2,1-4H3. The molecule has 2 unspecified atom stereocenters. The Bertz CT molecular complexity index is 1540. The summed E-state index contributed by atoms with van der Waals surface area (Å²) >= 11 is 3.68. The van der Waals surface area contributed by atoms with Crippen molar-refractivity contribution in [3.63, 3.8) is 0 Å². The van der Waals surface area contributed by atoms with Gasteiger partial charge in [-0.2, -0.15) is 0 Å². The number of hydrogen-bond donors (Lipinski definition) is 0. The SMILES string of the molecule is CCCCCCCC(=O)OC(COCCCCCC)COc1c2ccccc2c(OCC(COCCCCCC)OC(=O)CCCCCCC)c2cc(Br)ccc12. The van der Waals surface area contributed by atoms with E-state index in [0.717, 1.165) is 116 Å². The van der Waals surface area contributed by atoms with Crippen molar-refractivity contribution < 1.29 is 38.0 Å². The molecule has 320 valence electrons. The zero-order chi connectivity index (χ0) is 40.9. The average Bonchev–Trinajstić information content (AvgIpc) is 3.21. The third-order valence-electron chi connectivity index (χ3n) is 10.2. The van der Waals surface area contributed by atoms with Crippen LogP contribution in [0.2, 0.25) is 0 Å². The molecule has 0 bridgehead atoms. The Hall–Kier alpha value is -2.88. The summed E-state index contributed by atoms with van der Waals surface area (Å²) in [5.41, 5.74) is 0. The normalized spacial score (nSPS) is 12.5. The minimum Gasteiger partial charge on any atom is -0.488 e. The van der Waals surface area contributed by atoms with Crippen LogP contribution < -0.4 is 9.47 Å². The van der Waals surface area contributed by atoms with Gasteiger partial charge in [0.2, 0.25) is 0 Å². The molecule has 2 atom stereocenters. The first-order chi connectivity index (χ1) is 27.9. The van der Waals surface area contributed by atoms with Gasteiger partial charge < -0.3 is 28.4 Å². The van der Waals surface area contributed by atoms with E-state index in [1.165, 1.54) is 25.7 Å². The maximum Gasteiger partial charge on any atom is 0.306 e. The van der Waals surface area contributed by atoms with Crippen LogP contribution in [-0.4, -0.2) is 63.8 Å². The third kappa shape index (κ3) is 19.2. The van der Waals surface area contributed by atoms with Gasteiger partial charge in [0.1, 0.15) is 24.7 Å². The van der Waals surface area contributed by atoms with Crippen molar-refractivity contribution in [3.05, 3.63) is 46.9 Å². The van der Waals surface area contributed by atoms with Gasteiger partial charge in [-0.1, -0.05) is 158 Å². The molecule has 0 saturated heterocycles. The van der Waals surface area contributed by atoms with Crippen molar-refractivity contribution in [2.75, 3.05) is 39.6 Å². The molecule has 8 nitrogen and oxygen atoms in total. The lowest BCUT2D eigenvalue weighted by Gasteiger charge is -2.23. The zero-order valence-electron chi connectivity index (χ0n) is 35.7. The Kier molecular flexibility index (Phi) is 25.7. The Morgan fingerprint density at radius 3 is 1.35 bits per heavy atom. The molecule has 0 radical (unpaired) electrons. The van der Waals surface area contributed by atoms with Gasteiger partial charge >= 0.3 is 11.9 Å². The van der Waals surface area contributed by atoms with E-state index in [4.69, 9.17) is 28.4 Å². The van der Waals surface area contributed by atoms with Crippen molar-refractivity contribution in [2.45, 2.75) is 168 Å². The molecule has 9 heteroatoms. The number of ether oxygens (including phenoxy) is 6. The molecule has 0 amide bonds.